The van der Waals surface area contributed by atoms with Gasteiger partial charge in [-0.05, 0) is 32.8 Å². The smallest absolute Gasteiger partial charge is 0.231 e. The van der Waals surface area contributed by atoms with Gasteiger partial charge < -0.3 is 15.0 Å². The van der Waals surface area contributed by atoms with Crippen molar-refractivity contribution in [2.45, 2.75) is 33.3 Å². The molecule has 0 aromatic carbocycles. The van der Waals surface area contributed by atoms with Crippen molar-refractivity contribution >= 4 is 22.8 Å². The Balaban J connectivity index is 1.93. The van der Waals surface area contributed by atoms with E-state index in [-0.39, 0.29) is 17.9 Å². The predicted octanol–water partition coefficient (Wildman–Crippen LogP) is 1.94. The molecule has 106 valence electrons. The zero-order chi connectivity index (χ0) is 14.3. The third-order valence-corrected chi connectivity index (χ3v) is 4.05. The van der Waals surface area contributed by atoms with Crippen molar-refractivity contribution in [2.75, 3.05) is 11.9 Å². The van der Waals surface area contributed by atoms with Crippen molar-refractivity contribution < 1.29 is 9.53 Å². The highest BCUT2D eigenvalue weighted by Gasteiger charge is 2.31. The van der Waals surface area contributed by atoms with Crippen molar-refractivity contribution in [1.82, 2.24) is 15.0 Å². The molecular formula is C14H18N4O2. The maximum Gasteiger partial charge on any atom is 0.231 e. The van der Waals surface area contributed by atoms with Crippen LogP contribution >= 0.6 is 0 Å². The summed E-state index contributed by atoms with van der Waals surface area (Å²) in [6, 6.07) is 0. The number of hydrogen-bond donors (Lipinski definition) is 2. The van der Waals surface area contributed by atoms with E-state index in [1.807, 2.05) is 20.8 Å². The maximum atomic E-state index is 12.3. The van der Waals surface area contributed by atoms with Crippen molar-refractivity contribution in [2.24, 2.45) is 5.92 Å². The van der Waals surface area contributed by atoms with Crippen LogP contribution in [0.25, 0.3) is 11.0 Å². The number of ether oxygens (including phenoxy) is 1. The fourth-order valence-electron chi connectivity index (χ4n) is 2.67. The Kier molecular flexibility index (Phi) is 3.17. The van der Waals surface area contributed by atoms with E-state index in [1.165, 1.54) is 6.33 Å². The van der Waals surface area contributed by atoms with Crippen LogP contribution in [0.1, 0.15) is 24.6 Å². The fourth-order valence-corrected chi connectivity index (χ4v) is 2.67. The average Bonchev–Trinajstić information content (AvgIpc) is 2.95. The predicted molar refractivity (Wildman–Crippen MR) is 75.5 cm³/mol. The molecule has 0 radical (unpaired) electrons. The molecule has 1 amide bonds. The second-order valence-corrected chi connectivity index (χ2v) is 5.28. The van der Waals surface area contributed by atoms with E-state index in [1.54, 1.807) is 0 Å². The molecule has 1 aliphatic rings. The summed E-state index contributed by atoms with van der Waals surface area (Å²) in [5.74, 6) is 0.426. The number of carbonyl (C=O) groups excluding carboxylic acids is 1. The number of anilines is 1. The van der Waals surface area contributed by atoms with E-state index in [4.69, 9.17) is 4.74 Å². The Labute approximate surface area is 117 Å². The Morgan fingerprint density at radius 3 is 2.95 bits per heavy atom. The number of fused-ring (bicyclic) bond motifs is 1. The van der Waals surface area contributed by atoms with Gasteiger partial charge in [0.25, 0.3) is 0 Å². The number of aryl methyl sites for hydroxylation is 2. The van der Waals surface area contributed by atoms with Gasteiger partial charge in [-0.3, -0.25) is 4.79 Å². The normalized spacial score (nSPS) is 22.4. The number of hydrogen-bond acceptors (Lipinski definition) is 4. The summed E-state index contributed by atoms with van der Waals surface area (Å²) in [5, 5.41) is 3.80. The van der Waals surface area contributed by atoms with E-state index in [2.05, 4.69) is 20.3 Å². The van der Waals surface area contributed by atoms with Gasteiger partial charge in [0.2, 0.25) is 5.91 Å². The molecule has 2 aromatic heterocycles. The van der Waals surface area contributed by atoms with Crippen molar-refractivity contribution in [3.63, 3.8) is 0 Å². The van der Waals surface area contributed by atoms with Crippen LogP contribution in [0, 0.1) is 19.8 Å². The zero-order valence-corrected chi connectivity index (χ0v) is 11.9. The molecule has 0 bridgehead atoms. The van der Waals surface area contributed by atoms with Gasteiger partial charge in [-0.25, -0.2) is 9.97 Å². The number of aromatic amines is 1. The minimum Gasteiger partial charge on any atom is -0.378 e. The molecule has 0 unspecified atom stereocenters. The van der Waals surface area contributed by atoms with Gasteiger partial charge in [0.15, 0.2) is 0 Å². The highest BCUT2D eigenvalue weighted by atomic mass is 16.5. The van der Waals surface area contributed by atoms with Crippen LogP contribution in [0.4, 0.5) is 5.82 Å². The Bertz CT molecular complexity index is 664. The number of carbonyl (C=O) groups is 1. The molecule has 2 atom stereocenters. The summed E-state index contributed by atoms with van der Waals surface area (Å²) in [5.41, 5.74) is 2.85. The molecular weight excluding hydrogens is 256 g/mol. The van der Waals surface area contributed by atoms with E-state index in [9.17, 15) is 4.79 Å². The molecule has 6 nitrogen and oxygen atoms in total. The van der Waals surface area contributed by atoms with Crippen LogP contribution in [0.5, 0.6) is 0 Å². The van der Waals surface area contributed by atoms with E-state index in [0.29, 0.717) is 12.4 Å². The zero-order valence-electron chi connectivity index (χ0n) is 11.9. The third kappa shape index (κ3) is 2.06. The van der Waals surface area contributed by atoms with Crippen molar-refractivity contribution in [3.8, 4) is 0 Å². The molecule has 2 aromatic rings. The van der Waals surface area contributed by atoms with E-state index in [0.717, 1.165) is 28.7 Å². The molecule has 1 saturated heterocycles. The summed E-state index contributed by atoms with van der Waals surface area (Å²) < 4.78 is 5.44. The monoisotopic (exact) mass is 274 g/mol. The number of H-pyrrole nitrogens is 1. The molecule has 2 N–H and O–H groups in total. The van der Waals surface area contributed by atoms with Gasteiger partial charge in [-0.15, -0.1) is 0 Å². The standard InChI is InChI=1S/C14H18N4O2/c1-7-8(2)17-12-11(7)13(16-6-15-12)18-14(19)10-4-5-20-9(10)3/h6,9-10H,4-5H2,1-3H3,(H2,15,16,17,18,19)/t9-,10-/m0/s1. The lowest BCUT2D eigenvalue weighted by atomic mass is 10.0. The summed E-state index contributed by atoms with van der Waals surface area (Å²) in [7, 11) is 0. The number of nitrogens with zero attached hydrogens (tertiary/aromatic N) is 2. The van der Waals surface area contributed by atoms with Gasteiger partial charge >= 0.3 is 0 Å². The second kappa shape index (κ2) is 4.86. The first-order valence-electron chi connectivity index (χ1n) is 6.80. The quantitative estimate of drug-likeness (QED) is 0.877. The highest BCUT2D eigenvalue weighted by molar-refractivity contribution is 6.01. The first-order chi connectivity index (χ1) is 9.58. The molecule has 3 heterocycles. The molecule has 20 heavy (non-hydrogen) atoms. The van der Waals surface area contributed by atoms with Crippen LogP contribution in [0.3, 0.4) is 0 Å². The van der Waals surface area contributed by atoms with Crippen LogP contribution in [-0.2, 0) is 9.53 Å². The fraction of sp³-hybridized carbons (Fsp3) is 0.500. The highest BCUT2D eigenvalue weighted by Crippen LogP contribution is 2.27. The Hall–Kier alpha value is -1.95. The Morgan fingerprint density at radius 1 is 1.45 bits per heavy atom. The van der Waals surface area contributed by atoms with Crippen LogP contribution in [-0.4, -0.2) is 33.6 Å². The molecule has 1 fully saturated rings. The van der Waals surface area contributed by atoms with E-state index < -0.39 is 0 Å². The van der Waals surface area contributed by atoms with Gasteiger partial charge in [-0.2, -0.15) is 0 Å². The summed E-state index contributed by atoms with van der Waals surface area (Å²) in [6.07, 6.45) is 2.18. The first kappa shape index (κ1) is 13.1. The van der Waals surface area contributed by atoms with Gasteiger partial charge in [0, 0.05) is 12.3 Å². The molecule has 3 rings (SSSR count). The Morgan fingerprint density at radius 2 is 2.25 bits per heavy atom. The third-order valence-electron chi connectivity index (χ3n) is 4.05. The van der Waals surface area contributed by atoms with Crippen molar-refractivity contribution in [1.29, 1.82) is 0 Å². The number of rotatable bonds is 2. The van der Waals surface area contributed by atoms with Crippen LogP contribution in [0.2, 0.25) is 0 Å². The topological polar surface area (TPSA) is 79.9 Å². The number of aromatic nitrogens is 3. The largest absolute Gasteiger partial charge is 0.378 e. The van der Waals surface area contributed by atoms with Crippen LogP contribution < -0.4 is 5.32 Å². The summed E-state index contributed by atoms with van der Waals surface area (Å²) in [4.78, 5) is 23.9. The lowest BCUT2D eigenvalue weighted by Gasteiger charge is -2.14. The maximum absolute atomic E-state index is 12.3. The summed E-state index contributed by atoms with van der Waals surface area (Å²) in [6.45, 7) is 6.54. The van der Waals surface area contributed by atoms with Crippen molar-refractivity contribution in [3.05, 3.63) is 17.6 Å². The molecule has 0 aliphatic carbocycles. The number of amides is 1. The second-order valence-electron chi connectivity index (χ2n) is 5.28. The SMILES string of the molecule is Cc1[nH]c2ncnc(NC(=O)[C@H]3CCO[C@H]3C)c2c1C. The first-order valence-corrected chi connectivity index (χ1v) is 6.80. The lowest BCUT2D eigenvalue weighted by Crippen LogP contribution is -2.28. The molecule has 1 aliphatic heterocycles. The van der Waals surface area contributed by atoms with Gasteiger partial charge in [0.05, 0.1) is 17.4 Å². The minimum absolute atomic E-state index is 0.0340. The molecule has 6 heteroatoms. The van der Waals surface area contributed by atoms with E-state index >= 15 is 0 Å². The van der Waals surface area contributed by atoms with Gasteiger partial charge in [0.1, 0.15) is 17.8 Å². The minimum atomic E-state index is -0.111. The van der Waals surface area contributed by atoms with Crippen LogP contribution in [0.15, 0.2) is 6.33 Å². The average molecular weight is 274 g/mol. The molecule has 0 saturated carbocycles. The lowest BCUT2D eigenvalue weighted by molar-refractivity contribution is -0.121. The number of nitrogens with one attached hydrogen (secondary N) is 2. The van der Waals surface area contributed by atoms with Gasteiger partial charge in [-0.1, -0.05) is 0 Å². The molecule has 0 spiro atoms. The summed E-state index contributed by atoms with van der Waals surface area (Å²) >= 11 is 0.